The molecule has 0 bridgehead atoms. The van der Waals surface area contributed by atoms with Crippen LogP contribution in [0.3, 0.4) is 0 Å². The maximum Gasteiger partial charge on any atom is 0.119 e. The van der Waals surface area contributed by atoms with Crippen LogP contribution in [0.2, 0.25) is 0 Å². The van der Waals surface area contributed by atoms with Gasteiger partial charge in [-0.3, -0.25) is 0 Å². The first kappa shape index (κ1) is 12.9. The van der Waals surface area contributed by atoms with Gasteiger partial charge < -0.3 is 9.67 Å². The molecular formula is C16H21NO. The van der Waals surface area contributed by atoms with Gasteiger partial charge in [0.2, 0.25) is 0 Å². The molecule has 0 amide bonds. The minimum absolute atomic E-state index is 0.537. The zero-order valence-corrected chi connectivity index (χ0v) is 11.1. The van der Waals surface area contributed by atoms with Crippen LogP contribution in [-0.4, -0.2) is 9.67 Å². The number of unbranched alkanes of at least 4 members (excludes halogenated alkanes) is 1. The number of aromatic nitrogens is 1. The van der Waals surface area contributed by atoms with E-state index in [1.54, 1.807) is 0 Å². The fraction of sp³-hybridized carbons (Fsp3) is 0.375. The third-order valence-electron chi connectivity index (χ3n) is 3.38. The molecule has 0 aliphatic heterocycles. The van der Waals surface area contributed by atoms with Gasteiger partial charge in [-0.1, -0.05) is 37.6 Å². The molecule has 2 aromatic rings. The van der Waals surface area contributed by atoms with E-state index < -0.39 is 6.10 Å². The number of aryl methyl sites for hydroxylation is 2. The number of hydrogen-bond acceptors (Lipinski definition) is 1. The Kier molecular flexibility index (Phi) is 4.21. The van der Waals surface area contributed by atoms with Gasteiger partial charge in [-0.15, -0.1) is 0 Å². The predicted molar refractivity (Wildman–Crippen MR) is 74.5 cm³/mol. The molecule has 2 nitrogen and oxygen atoms in total. The second kappa shape index (κ2) is 5.87. The second-order valence-electron chi connectivity index (χ2n) is 4.79. The summed E-state index contributed by atoms with van der Waals surface area (Å²) in [5, 5.41) is 10.3. The molecule has 0 unspecified atom stereocenters. The highest BCUT2D eigenvalue weighted by Gasteiger charge is 2.12. The number of nitrogens with zero attached hydrogens (tertiary/aromatic N) is 1. The molecule has 18 heavy (non-hydrogen) atoms. The van der Waals surface area contributed by atoms with E-state index in [0.29, 0.717) is 0 Å². The van der Waals surface area contributed by atoms with Gasteiger partial charge in [-0.25, -0.2) is 0 Å². The number of hydrogen-bond donors (Lipinski definition) is 1. The standard InChI is InChI=1S/C16H21NO/c1-3-4-6-13-8-10-14(11-9-13)16(18)15-7-5-12-17(15)2/h5,7-12,16,18H,3-4,6H2,1-2H3/t16-/m0/s1. The second-order valence-corrected chi connectivity index (χ2v) is 4.79. The van der Waals surface area contributed by atoms with Crippen molar-refractivity contribution in [2.24, 2.45) is 7.05 Å². The van der Waals surface area contributed by atoms with Crippen molar-refractivity contribution < 1.29 is 5.11 Å². The number of rotatable bonds is 5. The Labute approximate surface area is 109 Å². The van der Waals surface area contributed by atoms with Gasteiger partial charge in [0.1, 0.15) is 6.10 Å². The molecular weight excluding hydrogens is 222 g/mol. The largest absolute Gasteiger partial charge is 0.382 e. The van der Waals surface area contributed by atoms with E-state index >= 15 is 0 Å². The van der Waals surface area contributed by atoms with Gasteiger partial charge in [0, 0.05) is 13.2 Å². The van der Waals surface area contributed by atoms with Gasteiger partial charge in [0.25, 0.3) is 0 Å². The van der Waals surface area contributed by atoms with E-state index in [2.05, 4.69) is 19.1 Å². The van der Waals surface area contributed by atoms with Crippen molar-refractivity contribution in [3.05, 3.63) is 59.4 Å². The molecule has 1 heterocycles. The quantitative estimate of drug-likeness (QED) is 0.855. The number of benzene rings is 1. The van der Waals surface area contributed by atoms with Crippen molar-refractivity contribution in [3.63, 3.8) is 0 Å². The van der Waals surface area contributed by atoms with E-state index in [-0.39, 0.29) is 0 Å². The van der Waals surface area contributed by atoms with Crippen LogP contribution in [0, 0.1) is 0 Å². The SMILES string of the molecule is CCCCc1ccc([C@H](O)c2cccn2C)cc1. The molecule has 2 rings (SSSR count). The van der Waals surface area contributed by atoms with Gasteiger partial charge >= 0.3 is 0 Å². The number of aliphatic hydroxyl groups excluding tert-OH is 1. The zero-order valence-electron chi connectivity index (χ0n) is 11.1. The third-order valence-corrected chi connectivity index (χ3v) is 3.38. The molecule has 96 valence electrons. The van der Waals surface area contributed by atoms with E-state index in [1.165, 1.54) is 18.4 Å². The molecule has 1 aromatic heterocycles. The van der Waals surface area contributed by atoms with Crippen LogP contribution in [-0.2, 0) is 13.5 Å². The Bertz CT molecular complexity index is 484. The molecule has 0 radical (unpaired) electrons. The Morgan fingerprint density at radius 1 is 1.17 bits per heavy atom. The predicted octanol–water partition coefficient (Wildman–Crippen LogP) is 3.45. The lowest BCUT2D eigenvalue weighted by Gasteiger charge is -2.13. The van der Waals surface area contributed by atoms with E-state index in [4.69, 9.17) is 0 Å². The highest BCUT2D eigenvalue weighted by molar-refractivity contribution is 5.29. The first-order chi connectivity index (χ1) is 8.72. The molecule has 0 spiro atoms. The maximum atomic E-state index is 10.3. The fourth-order valence-electron chi connectivity index (χ4n) is 2.18. The third kappa shape index (κ3) is 2.82. The van der Waals surface area contributed by atoms with Crippen molar-refractivity contribution in [1.82, 2.24) is 4.57 Å². The average molecular weight is 243 g/mol. The first-order valence-electron chi connectivity index (χ1n) is 6.60. The van der Waals surface area contributed by atoms with Gasteiger partial charge in [0.05, 0.1) is 5.69 Å². The number of aliphatic hydroxyl groups is 1. The summed E-state index contributed by atoms with van der Waals surface area (Å²) >= 11 is 0. The van der Waals surface area contributed by atoms with Crippen LogP contribution in [0.4, 0.5) is 0 Å². The smallest absolute Gasteiger partial charge is 0.119 e. The topological polar surface area (TPSA) is 25.2 Å². The fourth-order valence-corrected chi connectivity index (χ4v) is 2.18. The lowest BCUT2D eigenvalue weighted by Crippen LogP contribution is -2.05. The molecule has 0 aliphatic rings. The van der Waals surface area contributed by atoms with Gasteiger partial charge in [-0.05, 0) is 36.1 Å². The first-order valence-corrected chi connectivity index (χ1v) is 6.60. The molecule has 1 aromatic carbocycles. The van der Waals surface area contributed by atoms with Crippen LogP contribution >= 0.6 is 0 Å². The van der Waals surface area contributed by atoms with E-state index in [9.17, 15) is 5.11 Å². The minimum atomic E-state index is -0.537. The zero-order chi connectivity index (χ0) is 13.0. The van der Waals surface area contributed by atoms with Crippen LogP contribution in [0.1, 0.15) is 42.7 Å². The maximum absolute atomic E-state index is 10.3. The molecule has 2 heteroatoms. The van der Waals surface area contributed by atoms with E-state index in [1.807, 2.05) is 42.1 Å². The van der Waals surface area contributed by atoms with Gasteiger partial charge in [-0.2, -0.15) is 0 Å². The summed E-state index contributed by atoms with van der Waals surface area (Å²) in [6.45, 7) is 2.20. The molecule has 0 fully saturated rings. The lowest BCUT2D eigenvalue weighted by atomic mass is 10.0. The highest BCUT2D eigenvalue weighted by atomic mass is 16.3. The molecule has 1 N–H and O–H groups in total. The van der Waals surface area contributed by atoms with Crippen LogP contribution in [0.25, 0.3) is 0 Å². The van der Waals surface area contributed by atoms with E-state index in [0.717, 1.165) is 17.7 Å². The summed E-state index contributed by atoms with van der Waals surface area (Å²) in [7, 11) is 1.95. The molecule has 0 aliphatic carbocycles. The summed E-state index contributed by atoms with van der Waals surface area (Å²) in [4.78, 5) is 0. The summed E-state index contributed by atoms with van der Waals surface area (Å²) < 4.78 is 1.95. The van der Waals surface area contributed by atoms with Gasteiger partial charge in [0.15, 0.2) is 0 Å². The summed E-state index contributed by atoms with van der Waals surface area (Å²) in [5.41, 5.74) is 3.23. The normalized spacial score (nSPS) is 12.6. The Morgan fingerprint density at radius 3 is 2.44 bits per heavy atom. The summed E-state index contributed by atoms with van der Waals surface area (Å²) in [5.74, 6) is 0. The Morgan fingerprint density at radius 2 is 1.89 bits per heavy atom. The molecule has 0 saturated heterocycles. The molecule has 0 saturated carbocycles. The summed E-state index contributed by atoms with van der Waals surface area (Å²) in [6, 6.07) is 12.2. The van der Waals surface area contributed by atoms with Crippen molar-refractivity contribution in [3.8, 4) is 0 Å². The van der Waals surface area contributed by atoms with Crippen LogP contribution in [0.5, 0.6) is 0 Å². The Hall–Kier alpha value is -1.54. The van der Waals surface area contributed by atoms with Crippen molar-refractivity contribution in [1.29, 1.82) is 0 Å². The lowest BCUT2D eigenvalue weighted by molar-refractivity contribution is 0.211. The van der Waals surface area contributed by atoms with Crippen molar-refractivity contribution in [2.45, 2.75) is 32.3 Å². The highest BCUT2D eigenvalue weighted by Crippen LogP contribution is 2.22. The van der Waals surface area contributed by atoms with Crippen LogP contribution < -0.4 is 0 Å². The Balaban J connectivity index is 2.12. The monoisotopic (exact) mass is 243 g/mol. The molecule has 1 atom stereocenters. The average Bonchev–Trinajstić information content (AvgIpc) is 2.82. The summed E-state index contributed by atoms with van der Waals surface area (Å²) in [6.07, 6.45) is 4.98. The van der Waals surface area contributed by atoms with Crippen molar-refractivity contribution >= 4 is 0 Å². The van der Waals surface area contributed by atoms with Crippen molar-refractivity contribution in [2.75, 3.05) is 0 Å². The minimum Gasteiger partial charge on any atom is -0.382 e. The van der Waals surface area contributed by atoms with Crippen LogP contribution in [0.15, 0.2) is 42.6 Å².